The lowest BCUT2D eigenvalue weighted by Crippen LogP contribution is -2.34. The molecule has 1 fully saturated rings. The van der Waals surface area contributed by atoms with E-state index < -0.39 is 0 Å². The van der Waals surface area contributed by atoms with Crippen molar-refractivity contribution < 1.29 is 0 Å². The van der Waals surface area contributed by atoms with E-state index in [0.29, 0.717) is 5.92 Å². The standard InChI is InChI=1S/C17H19N5S/c1-3-14(9-18-6-1)16-19-17(21-20-16)15-4-2-7-22(11-15)10-13-5-8-23-12-13/h1,3,5-6,8-9,12,15H,2,4,7,10-11H2,(H,19,20,21). The van der Waals surface area contributed by atoms with Gasteiger partial charge in [0.05, 0.1) is 0 Å². The topological polar surface area (TPSA) is 57.7 Å². The average molecular weight is 325 g/mol. The van der Waals surface area contributed by atoms with Crippen molar-refractivity contribution in [2.75, 3.05) is 13.1 Å². The Morgan fingerprint density at radius 1 is 1.35 bits per heavy atom. The minimum absolute atomic E-state index is 0.431. The van der Waals surface area contributed by atoms with Crippen LogP contribution in [0.4, 0.5) is 0 Å². The number of pyridine rings is 1. The van der Waals surface area contributed by atoms with Gasteiger partial charge in [0.25, 0.3) is 0 Å². The molecule has 0 saturated carbocycles. The normalized spacial score (nSPS) is 19.0. The number of nitrogens with one attached hydrogen (secondary N) is 1. The van der Waals surface area contributed by atoms with Crippen LogP contribution >= 0.6 is 11.3 Å². The third-order valence-electron chi connectivity index (χ3n) is 4.30. The molecule has 0 aromatic carbocycles. The third kappa shape index (κ3) is 3.33. The molecule has 0 aliphatic carbocycles. The second kappa shape index (κ2) is 6.60. The zero-order chi connectivity index (χ0) is 15.5. The van der Waals surface area contributed by atoms with E-state index in [1.807, 2.05) is 12.1 Å². The molecule has 0 radical (unpaired) electrons. The first kappa shape index (κ1) is 14.5. The monoisotopic (exact) mass is 325 g/mol. The molecule has 0 spiro atoms. The summed E-state index contributed by atoms with van der Waals surface area (Å²) in [5.41, 5.74) is 2.37. The van der Waals surface area contributed by atoms with Crippen molar-refractivity contribution in [1.29, 1.82) is 0 Å². The molecular weight excluding hydrogens is 306 g/mol. The summed E-state index contributed by atoms with van der Waals surface area (Å²) >= 11 is 1.77. The smallest absolute Gasteiger partial charge is 0.182 e. The van der Waals surface area contributed by atoms with E-state index >= 15 is 0 Å². The summed E-state index contributed by atoms with van der Waals surface area (Å²) < 4.78 is 0. The van der Waals surface area contributed by atoms with E-state index in [1.165, 1.54) is 18.4 Å². The summed E-state index contributed by atoms with van der Waals surface area (Å²) in [7, 11) is 0. The van der Waals surface area contributed by atoms with Crippen LogP contribution in [0.5, 0.6) is 0 Å². The molecule has 4 heterocycles. The van der Waals surface area contributed by atoms with Gasteiger partial charge in [-0.2, -0.15) is 16.4 Å². The molecule has 1 unspecified atom stereocenters. The highest BCUT2D eigenvalue weighted by atomic mass is 32.1. The van der Waals surface area contributed by atoms with Crippen LogP contribution < -0.4 is 0 Å². The van der Waals surface area contributed by atoms with Crippen molar-refractivity contribution in [3.05, 3.63) is 52.7 Å². The zero-order valence-corrected chi connectivity index (χ0v) is 13.7. The number of hydrogen-bond donors (Lipinski definition) is 1. The molecule has 5 nitrogen and oxygen atoms in total. The summed E-state index contributed by atoms with van der Waals surface area (Å²) in [6.45, 7) is 3.23. The number of aromatic amines is 1. The Labute approximate surface area is 139 Å². The first-order valence-corrected chi connectivity index (χ1v) is 8.89. The van der Waals surface area contributed by atoms with E-state index in [0.717, 1.165) is 36.8 Å². The van der Waals surface area contributed by atoms with Gasteiger partial charge >= 0.3 is 0 Å². The maximum Gasteiger partial charge on any atom is 0.182 e. The highest BCUT2D eigenvalue weighted by Gasteiger charge is 2.24. The lowest BCUT2D eigenvalue weighted by molar-refractivity contribution is 0.197. The first-order chi connectivity index (χ1) is 11.4. The highest BCUT2D eigenvalue weighted by Crippen LogP contribution is 2.27. The minimum Gasteiger partial charge on any atom is -0.298 e. The van der Waals surface area contributed by atoms with Gasteiger partial charge in [-0.1, -0.05) is 0 Å². The fraction of sp³-hybridized carbons (Fsp3) is 0.353. The number of piperidine rings is 1. The predicted octanol–water partition coefficient (Wildman–Crippen LogP) is 3.31. The number of aromatic nitrogens is 4. The Hall–Kier alpha value is -2.05. The third-order valence-corrected chi connectivity index (χ3v) is 5.03. The Morgan fingerprint density at radius 2 is 2.35 bits per heavy atom. The molecule has 0 bridgehead atoms. The summed E-state index contributed by atoms with van der Waals surface area (Å²) in [5.74, 6) is 2.17. The van der Waals surface area contributed by atoms with Gasteiger partial charge in [-0.05, 0) is 53.9 Å². The Kier molecular flexibility index (Phi) is 4.17. The molecule has 4 rings (SSSR count). The molecule has 1 aliphatic heterocycles. The van der Waals surface area contributed by atoms with E-state index in [2.05, 4.69) is 36.9 Å². The number of nitrogens with zero attached hydrogens (tertiary/aromatic N) is 4. The fourth-order valence-electron chi connectivity index (χ4n) is 3.14. The van der Waals surface area contributed by atoms with Crippen LogP contribution in [0.15, 0.2) is 41.4 Å². The molecule has 23 heavy (non-hydrogen) atoms. The summed E-state index contributed by atoms with van der Waals surface area (Å²) in [6, 6.07) is 6.11. The van der Waals surface area contributed by atoms with Gasteiger partial charge in [-0.3, -0.25) is 15.0 Å². The van der Waals surface area contributed by atoms with Crippen LogP contribution in [0.25, 0.3) is 11.4 Å². The summed E-state index contributed by atoms with van der Waals surface area (Å²) in [5, 5.41) is 11.9. The van der Waals surface area contributed by atoms with Gasteiger partial charge in [0.1, 0.15) is 5.82 Å². The predicted molar refractivity (Wildman–Crippen MR) is 91.2 cm³/mol. The van der Waals surface area contributed by atoms with E-state index in [9.17, 15) is 0 Å². The molecule has 1 N–H and O–H groups in total. The number of rotatable bonds is 4. The van der Waals surface area contributed by atoms with Crippen LogP contribution in [0, 0.1) is 0 Å². The molecule has 1 aliphatic rings. The lowest BCUT2D eigenvalue weighted by Gasteiger charge is -2.31. The first-order valence-electron chi connectivity index (χ1n) is 7.94. The number of likely N-dealkylation sites (tertiary alicyclic amines) is 1. The van der Waals surface area contributed by atoms with Crippen LogP contribution in [0.3, 0.4) is 0 Å². The Balaban J connectivity index is 1.46. The zero-order valence-electron chi connectivity index (χ0n) is 12.9. The molecule has 3 aromatic rings. The molecule has 1 atom stereocenters. The SMILES string of the molecule is c1cncc(-c2n[nH]c(C3CCCN(Cc4ccsc4)C3)n2)c1. The molecule has 1 saturated heterocycles. The van der Waals surface area contributed by atoms with Gasteiger partial charge in [0.15, 0.2) is 5.82 Å². The fourth-order valence-corrected chi connectivity index (χ4v) is 3.80. The van der Waals surface area contributed by atoms with Gasteiger partial charge < -0.3 is 0 Å². The van der Waals surface area contributed by atoms with Gasteiger partial charge in [0, 0.05) is 37.0 Å². The van der Waals surface area contributed by atoms with Gasteiger partial charge in [-0.15, -0.1) is 0 Å². The molecule has 3 aromatic heterocycles. The highest BCUT2D eigenvalue weighted by molar-refractivity contribution is 7.07. The average Bonchev–Trinajstić information content (AvgIpc) is 3.28. The van der Waals surface area contributed by atoms with E-state index in [-0.39, 0.29) is 0 Å². The number of thiophene rings is 1. The number of hydrogen-bond acceptors (Lipinski definition) is 5. The quantitative estimate of drug-likeness (QED) is 0.799. The molecule has 6 heteroatoms. The second-order valence-electron chi connectivity index (χ2n) is 5.99. The van der Waals surface area contributed by atoms with Gasteiger partial charge in [0.2, 0.25) is 0 Å². The maximum atomic E-state index is 4.70. The van der Waals surface area contributed by atoms with E-state index in [1.54, 1.807) is 23.7 Å². The van der Waals surface area contributed by atoms with Crippen molar-refractivity contribution in [2.45, 2.75) is 25.3 Å². The Bertz CT molecular complexity index is 737. The largest absolute Gasteiger partial charge is 0.298 e. The molecule has 0 amide bonds. The van der Waals surface area contributed by atoms with Crippen molar-refractivity contribution in [3.8, 4) is 11.4 Å². The van der Waals surface area contributed by atoms with Crippen LogP contribution in [-0.2, 0) is 6.54 Å². The molecular formula is C17H19N5S. The van der Waals surface area contributed by atoms with Crippen molar-refractivity contribution in [3.63, 3.8) is 0 Å². The minimum atomic E-state index is 0.431. The van der Waals surface area contributed by atoms with Crippen molar-refractivity contribution in [1.82, 2.24) is 25.1 Å². The molecule has 118 valence electrons. The maximum absolute atomic E-state index is 4.70. The van der Waals surface area contributed by atoms with Crippen LogP contribution in [0.2, 0.25) is 0 Å². The van der Waals surface area contributed by atoms with Crippen molar-refractivity contribution >= 4 is 11.3 Å². The van der Waals surface area contributed by atoms with Crippen molar-refractivity contribution in [2.24, 2.45) is 0 Å². The van der Waals surface area contributed by atoms with E-state index in [4.69, 9.17) is 4.98 Å². The Morgan fingerprint density at radius 3 is 3.17 bits per heavy atom. The second-order valence-corrected chi connectivity index (χ2v) is 6.77. The van der Waals surface area contributed by atoms with Crippen LogP contribution in [0.1, 0.15) is 30.1 Å². The summed E-state index contributed by atoms with van der Waals surface area (Å²) in [4.78, 5) is 11.4. The lowest BCUT2D eigenvalue weighted by atomic mass is 9.97. The number of H-pyrrole nitrogens is 1. The van der Waals surface area contributed by atoms with Crippen LogP contribution in [-0.4, -0.2) is 38.2 Å². The summed E-state index contributed by atoms with van der Waals surface area (Å²) in [6.07, 6.45) is 5.94. The van der Waals surface area contributed by atoms with Gasteiger partial charge in [-0.25, -0.2) is 4.98 Å².